The first kappa shape index (κ1) is 22.6. The average molecular weight is 439 g/mol. The Bertz CT molecular complexity index is 1090. The summed E-state index contributed by atoms with van der Waals surface area (Å²) in [6, 6.07) is 12.8. The number of rotatable bonds is 9. The number of aromatic nitrogens is 3. The monoisotopic (exact) mass is 438 g/mol. The van der Waals surface area contributed by atoms with Crippen LogP contribution >= 0.6 is 11.8 Å². The molecule has 31 heavy (non-hydrogen) atoms. The lowest BCUT2D eigenvalue weighted by Gasteiger charge is -2.11. The Balaban J connectivity index is 1.60. The summed E-state index contributed by atoms with van der Waals surface area (Å²) in [5.41, 5.74) is 3.43. The van der Waals surface area contributed by atoms with Gasteiger partial charge in [-0.3, -0.25) is 9.59 Å². The summed E-state index contributed by atoms with van der Waals surface area (Å²) in [5.74, 6) is 1.49. The zero-order valence-corrected chi connectivity index (χ0v) is 19.0. The third-order valence-corrected chi connectivity index (χ3v) is 5.87. The van der Waals surface area contributed by atoms with Gasteiger partial charge in [0, 0.05) is 17.8 Å². The minimum atomic E-state index is -0.176. The summed E-state index contributed by atoms with van der Waals surface area (Å²) in [4.78, 5) is 23.9. The maximum Gasteiger partial charge on any atom is 0.234 e. The van der Waals surface area contributed by atoms with Gasteiger partial charge >= 0.3 is 0 Å². The molecule has 7 nitrogen and oxygen atoms in total. The summed E-state index contributed by atoms with van der Waals surface area (Å²) in [5, 5.41) is 11.9. The Morgan fingerprint density at radius 2 is 1.90 bits per heavy atom. The molecule has 8 heteroatoms. The van der Waals surface area contributed by atoms with Gasteiger partial charge in [0.1, 0.15) is 12.4 Å². The number of nitrogens with one attached hydrogen (secondary N) is 1. The van der Waals surface area contributed by atoms with Crippen molar-refractivity contribution in [1.82, 2.24) is 14.8 Å². The van der Waals surface area contributed by atoms with Gasteiger partial charge < -0.3 is 14.6 Å². The van der Waals surface area contributed by atoms with E-state index in [2.05, 4.69) is 15.5 Å². The molecule has 3 rings (SSSR count). The van der Waals surface area contributed by atoms with Crippen molar-refractivity contribution in [3.05, 3.63) is 65.0 Å². The number of hydrogen-bond acceptors (Lipinski definition) is 6. The average Bonchev–Trinajstić information content (AvgIpc) is 3.15. The number of benzene rings is 2. The molecular weight excluding hydrogens is 412 g/mol. The Labute approximate surface area is 186 Å². The van der Waals surface area contributed by atoms with Crippen LogP contribution in [0.4, 0.5) is 5.69 Å². The lowest BCUT2D eigenvalue weighted by molar-refractivity contribution is -0.113. The quantitative estimate of drug-likeness (QED) is 0.393. The number of carbonyl (C=O) groups excluding carboxylic acids is 2. The van der Waals surface area contributed by atoms with Gasteiger partial charge in [0.25, 0.3) is 0 Å². The molecule has 2 aromatic carbocycles. The smallest absolute Gasteiger partial charge is 0.234 e. The molecular formula is C23H26N4O3S. The van der Waals surface area contributed by atoms with Crippen LogP contribution in [0.5, 0.6) is 5.75 Å². The number of ketones is 1. The van der Waals surface area contributed by atoms with Crippen LogP contribution in [-0.2, 0) is 17.9 Å². The molecule has 0 radical (unpaired) electrons. The number of thioether (sulfide) groups is 1. The van der Waals surface area contributed by atoms with E-state index in [0.29, 0.717) is 35.4 Å². The summed E-state index contributed by atoms with van der Waals surface area (Å²) >= 11 is 1.31. The summed E-state index contributed by atoms with van der Waals surface area (Å²) < 4.78 is 7.90. The second kappa shape index (κ2) is 10.3. The third kappa shape index (κ3) is 5.73. The zero-order chi connectivity index (χ0) is 22.4. The van der Waals surface area contributed by atoms with Gasteiger partial charge in [-0.25, -0.2) is 0 Å². The molecule has 0 unspecified atom stereocenters. The van der Waals surface area contributed by atoms with Gasteiger partial charge in [-0.1, -0.05) is 36.0 Å². The van der Waals surface area contributed by atoms with E-state index in [1.807, 2.05) is 43.5 Å². The number of hydrogen-bond donors (Lipinski definition) is 1. The van der Waals surface area contributed by atoms with Crippen LogP contribution in [0.2, 0.25) is 0 Å². The van der Waals surface area contributed by atoms with E-state index in [1.54, 1.807) is 24.3 Å². The van der Waals surface area contributed by atoms with Crippen LogP contribution in [0, 0.1) is 13.8 Å². The summed E-state index contributed by atoms with van der Waals surface area (Å²) in [6.45, 7) is 8.55. The van der Waals surface area contributed by atoms with Crippen molar-refractivity contribution in [1.29, 1.82) is 0 Å². The van der Waals surface area contributed by atoms with Gasteiger partial charge in [-0.05, 0) is 57.0 Å². The van der Waals surface area contributed by atoms with E-state index < -0.39 is 0 Å². The molecule has 0 aliphatic heterocycles. The third-order valence-electron chi connectivity index (χ3n) is 4.91. The summed E-state index contributed by atoms with van der Waals surface area (Å²) in [6.07, 6.45) is 0. The van der Waals surface area contributed by atoms with Crippen molar-refractivity contribution in [2.45, 2.75) is 46.0 Å². The molecule has 0 saturated heterocycles. The van der Waals surface area contributed by atoms with E-state index >= 15 is 0 Å². The molecule has 162 valence electrons. The van der Waals surface area contributed by atoms with Crippen LogP contribution in [0.3, 0.4) is 0 Å². The Kier molecular flexibility index (Phi) is 7.46. The van der Waals surface area contributed by atoms with Gasteiger partial charge in [0.05, 0.1) is 5.75 Å². The van der Waals surface area contributed by atoms with E-state index in [1.165, 1.54) is 24.2 Å². The molecule has 1 N–H and O–H groups in total. The number of Topliss-reactive ketones (excluding diaryl/α,β-unsaturated/α-hetero) is 1. The summed E-state index contributed by atoms with van der Waals surface area (Å²) in [7, 11) is 0. The Hall–Kier alpha value is -3.13. The Morgan fingerprint density at radius 3 is 2.65 bits per heavy atom. The molecule has 1 aromatic heterocycles. The van der Waals surface area contributed by atoms with Gasteiger partial charge in [-0.2, -0.15) is 0 Å². The van der Waals surface area contributed by atoms with Crippen LogP contribution in [0.25, 0.3) is 0 Å². The molecule has 0 aliphatic carbocycles. The van der Waals surface area contributed by atoms with Crippen molar-refractivity contribution in [2.24, 2.45) is 0 Å². The van der Waals surface area contributed by atoms with Gasteiger partial charge in [-0.15, -0.1) is 10.2 Å². The lowest BCUT2D eigenvalue weighted by atomic mass is 10.1. The number of anilines is 1. The minimum absolute atomic E-state index is 0.0443. The highest BCUT2D eigenvalue weighted by atomic mass is 32.2. The van der Waals surface area contributed by atoms with Gasteiger partial charge in [0.2, 0.25) is 5.91 Å². The highest BCUT2D eigenvalue weighted by Crippen LogP contribution is 2.23. The van der Waals surface area contributed by atoms with Crippen molar-refractivity contribution in [3.63, 3.8) is 0 Å². The van der Waals surface area contributed by atoms with Crippen molar-refractivity contribution < 1.29 is 14.3 Å². The number of amides is 1. The Morgan fingerprint density at radius 1 is 1.13 bits per heavy atom. The second-order valence-electron chi connectivity index (χ2n) is 7.10. The maximum absolute atomic E-state index is 12.4. The second-order valence-corrected chi connectivity index (χ2v) is 8.05. The lowest BCUT2D eigenvalue weighted by Crippen LogP contribution is -2.15. The largest absolute Gasteiger partial charge is 0.485 e. The molecule has 0 bridgehead atoms. The van der Waals surface area contributed by atoms with Crippen molar-refractivity contribution >= 4 is 29.1 Å². The first-order valence-electron chi connectivity index (χ1n) is 10.0. The molecule has 1 amide bonds. The number of carbonyl (C=O) groups is 2. The molecule has 0 saturated carbocycles. The van der Waals surface area contributed by atoms with Crippen LogP contribution in [-0.4, -0.2) is 32.2 Å². The first-order chi connectivity index (χ1) is 14.9. The van der Waals surface area contributed by atoms with E-state index in [9.17, 15) is 9.59 Å². The predicted molar refractivity (Wildman–Crippen MR) is 122 cm³/mol. The standard InChI is InChI=1S/C23H26N4O3S/c1-5-27-21(13-30-20-11-6-8-15(2)16(20)3)25-26-23(27)31-14-22(29)24-19-10-7-9-18(12-19)17(4)28/h6-12H,5,13-14H2,1-4H3,(H,24,29). The van der Waals surface area contributed by atoms with Crippen LogP contribution < -0.4 is 10.1 Å². The molecule has 1 heterocycles. The number of aryl methyl sites for hydroxylation is 1. The minimum Gasteiger partial charge on any atom is -0.485 e. The van der Waals surface area contributed by atoms with Crippen molar-refractivity contribution in [3.8, 4) is 5.75 Å². The van der Waals surface area contributed by atoms with E-state index in [-0.39, 0.29) is 17.4 Å². The van der Waals surface area contributed by atoms with Crippen LogP contribution in [0.15, 0.2) is 47.6 Å². The highest BCUT2D eigenvalue weighted by molar-refractivity contribution is 7.99. The maximum atomic E-state index is 12.4. The number of ether oxygens (including phenoxy) is 1. The highest BCUT2D eigenvalue weighted by Gasteiger charge is 2.14. The normalized spacial score (nSPS) is 10.7. The molecule has 0 fully saturated rings. The van der Waals surface area contributed by atoms with Crippen LogP contribution in [0.1, 0.15) is 41.2 Å². The topological polar surface area (TPSA) is 86.1 Å². The fourth-order valence-electron chi connectivity index (χ4n) is 3.02. The molecule has 0 spiro atoms. The predicted octanol–water partition coefficient (Wildman–Crippen LogP) is 4.43. The fraction of sp³-hybridized carbons (Fsp3) is 0.304. The first-order valence-corrected chi connectivity index (χ1v) is 11.0. The number of nitrogens with zero attached hydrogens (tertiary/aromatic N) is 3. The zero-order valence-electron chi connectivity index (χ0n) is 18.1. The SMILES string of the molecule is CCn1c(COc2cccc(C)c2C)nnc1SCC(=O)Nc1cccc(C(C)=O)c1. The van der Waals surface area contributed by atoms with E-state index in [0.717, 1.165) is 11.3 Å². The molecule has 3 aromatic rings. The fourth-order valence-corrected chi connectivity index (χ4v) is 3.84. The van der Waals surface area contributed by atoms with Crippen molar-refractivity contribution in [2.75, 3.05) is 11.1 Å². The van der Waals surface area contributed by atoms with E-state index in [4.69, 9.17) is 4.74 Å². The van der Waals surface area contributed by atoms with Gasteiger partial charge in [0.15, 0.2) is 16.8 Å². The molecule has 0 aliphatic rings. The molecule has 0 atom stereocenters.